The van der Waals surface area contributed by atoms with Crippen molar-refractivity contribution >= 4 is 5.91 Å². The highest BCUT2D eigenvalue weighted by Crippen LogP contribution is 2.40. The summed E-state index contributed by atoms with van der Waals surface area (Å²) in [6, 6.07) is 8.71. The molecule has 0 aliphatic carbocycles. The Hall–Kier alpha value is -2.35. The van der Waals surface area contributed by atoms with Gasteiger partial charge in [-0.2, -0.15) is 0 Å². The molecule has 0 unspecified atom stereocenters. The maximum atomic E-state index is 14.9. The minimum Gasteiger partial charge on any atom is -0.342 e. The standard InChI is InChI=1S/C33H48F2N4O/c1-7-31(37-13-12-36)27-17-22(3)21(2)16-26(27)23-10-14-38(15-11-23)32(40)29-20-39(33(4,5)6)19-28(29)25-9-8-24(34)18-30(25)35/h8-9,16-18,23,28-29,31,37H,7,10-15,19-20,36H2,1-6H3/t28-,29+,31-/m0/s1. The van der Waals surface area contributed by atoms with Crippen LogP contribution in [0, 0.1) is 31.4 Å². The number of halogens is 2. The van der Waals surface area contributed by atoms with Gasteiger partial charge in [0.1, 0.15) is 11.6 Å². The van der Waals surface area contributed by atoms with E-state index in [-0.39, 0.29) is 29.3 Å². The quantitative estimate of drug-likeness (QED) is 0.433. The molecule has 2 aliphatic rings. The largest absolute Gasteiger partial charge is 0.342 e. The minimum absolute atomic E-state index is 0.0929. The van der Waals surface area contributed by atoms with E-state index in [0.29, 0.717) is 44.2 Å². The first kappa shape index (κ1) is 30.6. The van der Waals surface area contributed by atoms with Crippen LogP contribution in [-0.4, -0.2) is 60.5 Å². The lowest BCUT2D eigenvalue weighted by atomic mass is 9.81. The Morgan fingerprint density at radius 2 is 1.73 bits per heavy atom. The van der Waals surface area contributed by atoms with E-state index in [1.54, 1.807) is 0 Å². The number of carbonyl (C=O) groups excluding carboxylic acids is 1. The monoisotopic (exact) mass is 554 g/mol. The zero-order valence-electron chi connectivity index (χ0n) is 25.2. The molecular formula is C33H48F2N4O. The van der Waals surface area contributed by atoms with Gasteiger partial charge in [0, 0.05) is 62.8 Å². The number of carbonyl (C=O) groups is 1. The molecular weight excluding hydrogens is 506 g/mol. The van der Waals surface area contributed by atoms with Crippen LogP contribution in [0.5, 0.6) is 0 Å². The van der Waals surface area contributed by atoms with Crippen LogP contribution >= 0.6 is 0 Å². The molecule has 3 N–H and O–H groups in total. The van der Waals surface area contributed by atoms with E-state index in [0.717, 1.165) is 31.9 Å². The first-order valence-electron chi connectivity index (χ1n) is 15.0. The molecule has 2 aromatic rings. The molecule has 3 atom stereocenters. The molecule has 2 aromatic carbocycles. The summed E-state index contributed by atoms with van der Waals surface area (Å²) in [6.45, 7) is 16.8. The molecule has 1 amide bonds. The third-order valence-electron chi connectivity index (χ3n) is 9.21. The summed E-state index contributed by atoms with van der Waals surface area (Å²) in [5.41, 5.74) is 11.4. The van der Waals surface area contributed by atoms with Gasteiger partial charge in [0.2, 0.25) is 5.91 Å². The highest BCUT2D eigenvalue weighted by molar-refractivity contribution is 5.81. The fourth-order valence-corrected chi connectivity index (χ4v) is 6.61. The van der Waals surface area contributed by atoms with Crippen LogP contribution in [0.25, 0.3) is 0 Å². The zero-order chi connectivity index (χ0) is 29.2. The number of rotatable bonds is 8. The van der Waals surface area contributed by atoms with Gasteiger partial charge in [-0.15, -0.1) is 0 Å². The molecule has 4 rings (SSSR count). The van der Waals surface area contributed by atoms with Crippen molar-refractivity contribution in [3.05, 3.63) is 69.8 Å². The molecule has 220 valence electrons. The van der Waals surface area contributed by atoms with Crippen LogP contribution in [0.15, 0.2) is 30.3 Å². The van der Waals surface area contributed by atoms with Crippen LogP contribution in [0.4, 0.5) is 8.78 Å². The van der Waals surface area contributed by atoms with E-state index < -0.39 is 11.6 Å². The Kier molecular flexibility index (Phi) is 9.69. The summed E-state index contributed by atoms with van der Waals surface area (Å²) >= 11 is 0. The van der Waals surface area contributed by atoms with Crippen molar-refractivity contribution in [3.8, 4) is 0 Å². The lowest BCUT2D eigenvalue weighted by Crippen LogP contribution is -2.44. The van der Waals surface area contributed by atoms with E-state index >= 15 is 0 Å². The van der Waals surface area contributed by atoms with Crippen molar-refractivity contribution in [1.29, 1.82) is 0 Å². The number of piperidine rings is 1. The molecule has 0 spiro atoms. The summed E-state index contributed by atoms with van der Waals surface area (Å²) in [6.07, 6.45) is 2.79. The Morgan fingerprint density at radius 1 is 1.05 bits per heavy atom. The molecule has 2 saturated heterocycles. The second-order valence-electron chi connectivity index (χ2n) is 12.8. The molecule has 0 saturated carbocycles. The van der Waals surface area contributed by atoms with Crippen molar-refractivity contribution in [2.24, 2.45) is 11.7 Å². The normalized spacial score (nSPS) is 21.7. The number of hydrogen-bond acceptors (Lipinski definition) is 4. The van der Waals surface area contributed by atoms with Gasteiger partial charge in [0.25, 0.3) is 0 Å². The van der Waals surface area contributed by atoms with Crippen molar-refractivity contribution < 1.29 is 13.6 Å². The molecule has 0 aromatic heterocycles. The van der Waals surface area contributed by atoms with E-state index in [2.05, 4.69) is 63.9 Å². The van der Waals surface area contributed by atoms with Gasteiger partial charge in [-0.1, -0.05) is 25.1 Å². The molecule has 0 radical (unpaired) electrons. The number of benzene rings is 2. The Morgan fingerprint density at radius 3 is 2.33 bits per heavy atom. The second kappa shape index (κ2) is 12.7. The van der Waals surface area contributed by atoms with Crippen LogP contribution in [0.2, 0.25) is 0 Å². The van der Waals surface area contributed by atoms with Crippen molar-refractivity contribution in [3.63, 3.8) is 0 Å². The van der Waals surface area contributed by atoms with Crippen LogP contribution in [0.1, 0.15) is 92.7 Å². The fourth-order valence-electron chi connectivity index (χ4n) is 6.61. The summed E-state index contributed by atoms with van der Waals surface area (Å²) in [7, 11) is 0. The van der Waals surface area contributed by atoms with Gasteiger partial charge in [-0.25, -0.2) is 8.78 Å². The second-order valence-corrected chi connectivity index (χ2v) is 12.8. The molecule has 2 heterocycles. The Labute approximate surface area is 239 Å². The summed E-state index contributed by atoms with van der Waals surface area (Å²) in [4.78, 5) is 18.3. The average molecular weight is 555 g/mol. The average Bonchev–Trinajstić information content (AvgIpc) is 3.36. The molecule has 40 heavy (non-hydrogen) atoms. The highest BCUT2D eigenvalue weighted by Gasteiger charge is 2.44. The third-order valence-corrected chi connectivity index (χ3v) is 9.21. The molecule has 2 aliphatic heterocycles. The number of amides is 1. The number of likely N-dealkylation sites (tertiary alicyclic amines) is 2. The van der Waals surface area contributed by atoms with Crippen molar-refractivity contribution in [2.45, 2.75) is 84.2 Å². The van der Waals surface area contributed by atoms with E-state index in [4.69, 9.17) is 5.73 Å². The number of nitrogens with one attached hydrogen (secondary N) is 1. The van der Waals surface area contributed by atoms with Gasteiger partial charge in [-0.3, -0.25) is 9.69 Å². The lowest BCUT2D eigenvalue weighted by molar-refractivity contribution is -0.136. The number of hydrogen-bond donors (Lipinski definition) is 2. The SMILES string of the molecule is CC[C@H](NCCN)c1cc(C)c(C)cc1C1CCN(C(=O)[C@@H]2CN(C(C)(C)C)C[C@H]2c2ccc(F)cc2F)CC1. The van der Waals surface area contributed by atoms with Crippen molar-refractivity contribution in [1.82, 2.24) is 15.1 Å². The lowest BCUT2D eigenvalue weighted by Gasteiger charge is -2.36. The van der Waals surface area contributed by atoms with Gasteiger partial charge < -0.3 is 16.0 Å². The van der Waals surface area contributed by atoms with Crippen LogP contribution in [0.3, 0.4) is 0 Å². The van der Waals surface area contributed by atoms with Crippen molar-refractivity contribution in [2.75, 3.05) is 39.3 Å². The maximum absolute atomic E-state index is 14.9. The van der Waals surface area contributed by atoms with Gasteiger partial charge in [-0.05, 0) is 93.7 Å². The predicted octanol–water partition coefficient (Wildman–Crippen LogP) is 5.80. The third kappa shape index (κ3) is 6.58. The predicted molar refractivity (Wildman–Crippen MR) is 158 cm³/mol. The van der Waals surface area contributed by atoms with Gasteiger partial charge >= 0.3 is 0 Å². The topological polar surface area (TPSA) is 61.6 Å². The van der Waals surface area contributed by atoms with Crippen LogP contribution < -0.4 is 11.1 Å². The Balaban J connectivity index is 1.53. The number of nitrogens with zero attached hydrogens (tertiary/aromatic N) is 2. The Bertz CT molecular complexity index is 1190. The molecule has 5 nitrogen and oxygen atoms in total. The van der Waals surface area contributed by atoms with E-state index in [1.807, 2.05) is 4.90 Å². The first-order valence-corrected chi connectivity index (χ1v) is 15.0. The molecule has 0 bridgehead atoms. The zero-order valence-corrected chi connectivity index (χ0v) is 25.2. The molecule has 2 fully saturated rings. The van der Waals surface area contributed by atoms with E-state index in [1.165, 1.54) is 34.4 Å². The molecule has 7 heteroatoms. The smallest absolute Gasteiger partial charge is 0.227 e. The van der Waals surface area contributed by atoms with Crippen LogP contribution in [-0.2, 0) is 4.79 Å². The maximum Gasteiger partial charge on any atom is 0.227 e. The van der Waals surface area contributed by atoms with E-state index in [9.17, 15) is 13.6 Å². The number of nitrogens with two attached hydrogens (primary N) is 1. The number of aryl methyl sites for hydroxylation is 2. The summed E-state index contributed by atoms with van der Waals surface area (Å²) in [5.74, 6) is -1.32. The van der Waals surface area contributed by atoms with Gasteiger partial charge in [0.05, 0.1) is 5.92 Å². The van der Waals surface area contributed by atoms with Gasteiger partial charge in [0.15, 0.2) is 0 Å². The summed E-state index contributed by atoms with van der Waals surface area (Å²) in [5, 5.41) is 3.62. The first-order chi connectivity index (χ1) is 18.9. The fraction of sp³-hybridized carbons (Fsp3) is 0.606. The summed E-state index contributed by atoms with van der Waals surface area (Å²) < 4.78 is 28.6. The highest BCUT2D eigenvalue weighted by atomic mass is 19.1. The minimum atomic E-state index is -0.592.